The molecule has 0 aliphatic heterocycles. The molecule has 0 bridgehead atoms. The SMILES string of the molecule is CC(=O)Nc1ccc(SCC(=O)Nc2nnc(SCc3ccc(F)cc3)s2)cc1. The zero-order chi connectivity index (χ0) is 20.6. The number of carbonyl (C=O) groups excluding carboxylic acids is 2. The Bertz CT molecular complexity index is 978. The molecular weight excluding hydrogens is 431 g/mol. The van der Waals surface area contributed by atoms with Gasteiger partial charge in [-0.25, -0.2) is 4.39 Å². The molecular formula is C19H17FN4O2S3. The lowest BCUT2D eigenvalue weighted by Crippen LogP contribution is -2.13. The van der Waals surface area contributed by atoms with Crippen LogP contribution < -0.4 is 10.6 Å². The molecule has 6 nitrogen and oxygen atoms in total. The van der Waals surface area contributed by atoms with Crippen LogP contribution in [0.4, 0.5) is 15.2 Å². The minimum absolute atomic E-state index is 0.128. The molecule has 0 aliphatic rings. The molecule has 0 spiro atoms. The Balaban J connectivity index is 1.43. The predicted molar refractivity (Wildman–Crippen MR) is 116 cm³/mol. The van der Waals surface area contributed by atoms with Gasteiger partial charge >= 0.3 is 0 Å². The number of carbonyl (C=O) groups is 2. The number of anilines is 2. The standard InChI is InChI=1S/C19H17FN4O2S3/c1-12(25)21-15-6-8-16(9-7-15)27-11-17(26)22-18-23-24-19(29-18)28-10-13-2-4-14(20)5-3-13/h2-9H,10-11H2,1H3,(H,21,25)(H,22,23,26). The Hall–Kier alpha value is -2.43. The Morgan fingerprint density at radius 2 is 1.72 bits per heavy atom. The lowest BCUT2D eigenvalue weighted by atomic mass is 10.2. The van der Waals surface area contributed by atoms with E-state index >= 15 is 0 Å². The van der Waals surface area contributed by atoms with Crippen LogP contribution in [0.25, 0.3) is 0 Å². The van der Waals surface area contributed by atoms with E-state index in [0.717, 1.165) is 14.8 Å². The van der Waals surface area contributed by atoms with Crippen LogP contribution in [0.3, 0.4) is 0 Å². The summed E-state index contributed by atoms with van der Waals surface area (Å²) >= 11 is 4.16. The van der Waals surface area contributed by atoms with Gasteiger partial charge in [0, 0.05) is 23.3 Å². The molecule has 3 aromatic rings. The summed E-state index contributed by atoms with van der Waals surface area (Å²) in [5, 5.41) is 13.9. The quantitative estimate of drug-likeness (QED) is 0.385. The average molecular weight is 449 g/mol. The molecule has 2 amide bonds. The van der Waals surface area contributed by atoms with Crippen molar-refractivity contribution in [1.82, 2.24) is 10.2 Å². The highest BCUT2D eigenvalue weighted by Crippen LogP contribution is 2.28. The number of halogens is 1. The zero-order valence-corrected chi connectivity index (χ0v) is 17.8. The van der Waals surface area contributed by atoms with Crippen LogP contribution in [-0.4, -0.2) is 27.8 Å². The molecule has 1 aromatic heterocycles. The highest BCUT2D eigenvalue weighted by Gasteiger charge is 2.10. The van der Waals surface area contributed by atoms with Crippen LogP contribution in [0.2, 0.25) is 0 Å². The molecule has 29 heavy (non-hydrogen) atoms. The highest BCUT2D eigenvalue weighted by atomic mass is 32.2. The number of rotatable bonds is 8. The van der Waals surface area contributed by atoms with Gasteiger partial charge in [-0.05, 0) is 42.0 Å². The second kappa shape index (κ2) is 10.4. The van der Waals surface area contributed by atoms with Crippen molar-refractivity contribution in [2.45, 2.75) is 21.9 Å². The number of amides is 2. The van der Waals surface area contributed by atoms with E-state index in [2.05, 4.69) is 20.8 Å². The molecule has 10 heteroatoms. The van der Waals surface area contributed by atoms with Gasteiger partial charge in [-0.2, -0.15) is 0 Å². The molecule has 0 unspecified atom stereocenters. The van der Waals surface area contributed by atoms with Crippen molar-refractivity contribution >= 4 is 57.5 Å². The summed E-state index contributed by atoms with van der Waals surface area (Å²) in [6.45, 7) is 1.45. The molecule has 0 aliphatic carbocycles. The number of hydrogen-bond donors (Lipinski definition) is 2. The van der Waals surface area contributed by atoms with Crippen LogP contribution in [0, 0.1) is 5.82 Å². The van der Waals surface area contributed by atoms with E-state index in [1.165, 1.54) is 53.9 Å². The fourth-order valence-corrected chi connectivity index (χ4v) is 4.61. The summed E-state index contributed by atoms with van der Waals surface area (Å²) in [6, 6.07) is 13.6. The van der Waals surface area contributed by atoms with Crippen molar-refractivity contribution in [2.24, 2.45) is 0 Å². The normalized spacial score (nSPS) is 10.6. The number of nitrogens with one attached hydrogen (secondary N) is 2. The number of aromatic nitrogens is 2. The molecule has 1 heterocycles. The lowest BCUT2D eigenvalue weighted by molar-refractivity contribution is -0.114. The van der Waals surface area contributed by atoms with Gasteiger partial charge in [0.1, 0.15) is 5.82 Å². The van der Waals surface area contributed by atoms with Crippen molar-refractivity contribution in [1.29, 1.82) is 0 Å². The van der Waals surface area contributed by atoms with E-state index in [4.69, 9.17) is 0 Å². The van der Waals surface area contributed by atoms with Crippen molar-refractivity contribution in [2.75, 3.05) is 16.4 Å². The van der Waals surface area contributed by atoms with Crippen molar-refractivity contribution < 1.29 is 14.0 Å². The van der Waals surface area contributed by atoms with Crippen LogP contribution in [0.1, 0.15) is 12.5 Å². The van der Waals surface area contributed by atoms with Crippen LogP contribution >= 0.6 is 34.9 Å². The fourth-order valence-electron chi connectivity index (χ4n) is 2.19. The Kier molecular flexibility index (Phi) is 7.62. The van der Waals surface area contributed by atoms with Gasteiger partial charge in [-0.1, -0.05) is 35.2 Å². The van der Waals surface area contributed by atoms with E-state index in [0.29, 0.717) is 16.6 Å². The maximum Gasteiger partial charge on any atom is 0.236 e. The Morgan fingerprint density at radius 1 is 1.00 bits per heavy atom. The third-order valence-corrected chi connectivity index (χ3v) is 6.53. The summed E-state index contributed by atoms with van der Waals surface area (Å²) in [5.74, 6) is 0.315. The first kappa shape index (κ1) is 21.3. The molecule has 0 atom stereocenters. The first-order valence-corrected chi connectivity index (χ1v) is 11.3. The number of nitrogens with zero attached hydrogens (tertiary/aromatic N) is 2. The Labute approximate surface area is 179 Å². The average Bonchev–Trinajstić information content (AvgIpc) is 3.14. The predicted octanol–water partition coefficient (Wildman–Crippen LogP) is 4.66. The molecule has 0 radical (unpaired) electrons. The summed E-state index contributed by atoms with van der Waals surface area (Å²) in [4.78, 5) is 24.1. The van der Waals surface area contributed by atoms with Crippen molar-refractivity contribution in [3.63, 3.8) is 0 Å². The number of thioether (sulfide) groups is 2. The van der Waals surface area contributed by atoms with Crippen molar-refractivity contribution in [3.8, 4) is 0 Å². The minimum Gasteiger partial charge on any atom is -0.326 e. The fraction of sp³-hybridized carbons (Fsp3) is 0.158. The summed E-state index contributed by atoms with van der Waals surface area (Å²) < 4.78 is 13.7. The summed E-state index contributed by atoms with van der Waals surface area (Å²) in [5.41, 5.74) is 1.70. The van der Waals surface area contributed by atoms with Gasteiger partial charge in [-0.3, -0.25) is 14.9 Å². The largest absolute Gasteiger partial charge is 0.326 e. The van der Waals surface area contributed by atoms with Crippen LogP contribution in [-0.2, 0) is 15.3 Å². The van der Waals surface area contributed by atoms with E-state index < -0.39 is 0 Å². The molecule has 0 saturated heterocycles. The second-order valence-electron chi connectivity index (χ2n) is 5.83. The molecule has 150 valence electrons. The highest BCUT2D eigenvalue weighted by molar-refractivity contribution is 8.00. The Morgan fingerprint density at radius 3 is 2.41 bits per heavy atom. The van der Waals surface area contributed by atoms with Gasteiger partial charge in [-0.15, -0.1) is 22.0 Å². The first-order chi connectivity index (χ1) is 14.0. The molecule has 3 rings (SSSR count). The van der Waals surface area contributed by atoms with E-state index in [1.807, 2.05) is 12.1 Å². The van der Waals surface area contributed by atoms with Crippen molar-refractivity contribution in [3.05, 3.63) is 59.9 Å². The number of hydrogen-bond acceptors (Lipinski definition) is 7. The van der Waals surface area contributed by atoms with Crippen LogP contribution in [0.15, 0.2) is 57.8 Å². The maximum absolute atomic E-state index is 12.9. The van der Waals surface area contributed by atoms with Gasteiger partial charge in [0.25, 0.3) is 0 Å². The van der Waals surface area contributed by atoms with Crippen LogP contribution in [0.5, 0.6) is 0 Å². The monoisotopic (exact) mass is 448 g/mol. The lowest BCUT2D eigenvalue weighted by Gasteiger charge is -2.04. The topological polar surface area (TPSA) is 84.0 Å². The second-order valence-corrected chi connectivity index (χ2v) is 9.08. The zero-order valence-electron chi connectivity index (χ0n) is 15.3. The van der Waals surface area contributed by atoms with E-state index in [9.17, 15) is 14.0 Å². The van der Waals surface area contributed by atoms with Gasteiger partial charge in [0.2, 0.25) is 16.9 Å². The van der Waals surface area contributed by atoms with E-state index in [1.54, 1.807) is 24.3 Å². The van der Waals surface area contributed by atoms with E-state index in [-0.39, 0.29) is 23.4 Å². The summed E-state index contributed by atoms with van der Waals surface area (Å²) in [7, 11) is 0. The maximum atomic E-state index is 12.9. The molecule has 0 fully saturated rings. The minimum atomic E-state index is -0.263. The number of benzene rings is 2. The molecule has 2 N–H and O–H groups in total. The third kappa shape index (κ3) is 7.15. The van der Waals surface area contributed by atoms with Gasteiger partial charge in [0.05, 0.1) is 5.75 Å². The first-order valence-electron chi connectivity index (χ1n) is 8.49. The molecule has 2 aromatic carbocycles. The van der Waals surface area contributed by atoms with Gasteiger partial charge < -0.3 is 5.32 Å². The molecule has 0 saturated carbocycles. The van der Waals surface area contributed by atoms with Gasteiger partial charge in [0.15, 0.2) is 4.34 Å². The summed E-state index contributed by atoms with van der Waals surface area (Å²) in [6.07, 6.45) is 0. The third-order valence-electron chi connectivity index (χ3n) is 3.47. The smallest absolute Gasteiger partial charge is 0.236 e.